The molecule has 0 amide bonds. The Hall–Kier alpha value is -0.650. The number of piperazine rings is 1. The summed E-state index contributed by atoms with van der Waals surface area (Å²) in [6, 6.07) is 14.1. The summed E-state index contributed by atoms with van der Waals surface area (Å²) < 4.78 is 28.8. The van der Waals surface area contributed by atoms with Gasteiger partial charge in [-0.05, 0) is 24.3 Å². The molecule has 1 heterocycles. The average Bonchev–Trinajstić information content (AvgIpc) is 2.68. The van der Waals surface area contributed by atoms with E-state index in [1.54, 1.807) is 36.4 Å². The zero-order valence-corrected chi connectivity index (χ0v) is 20.8. The maximum atomic E-state index is 12.6. The second kappa shape index (κ2) is 10.6. The number of hydrogen-bond donors (Lipinski definition) is 1. The average molecular weight is 634 g/mol. The Kier molecular flexibility index (Phi) is 8.99. The fraction of sp³-hybridized carbons (Fsp3) is 0.368. The molecule has 2 aromatic carbocycles. The maximum absolute atomic E-state index is 12.6. The molecule has 6 nitrogen and oxygen atoms in total. The Bertz CT molecular complexity index is 883. The second-order valence-electron chi connectivity index (χ2n) is 6.94. The van der Waals surface area contributed by atoms with E-state index in [1.807, 2.05) is 26.2 Å². The number of quaternary nitrogens is 1. The monoisotopic (exact) mass is 633 g/mol. The van der Waals surface area contributed by atoms with E-state index in [0.717, 1.165) is 42.5 Å². The number of nitrogens with zero attached hydrogens (tertiary/aromatic N) is 3. The van der Waals surface area contributed by atoms with Crippen molar-refractivity contribution < 1.29 is 35.7 Å². The largest absolute Gasteiger partial charge is 0.800 e. The summed E-state index contributed by atoms with van der Waals surface area (Å²) in [5.74, 6) is 0. The number of hydrogen-bond acceptors (Lipinski definition) is 6. The van der Waals surface area contributed by atoms with Crippen LogP contribution in [0.3, 0.4) is 0 Å². The molecular weight excluding hydrogens is 609 g/mol. The third-order valence-electron chi connectivity index (χ3n) is 4.78. The molecular formula is C19H24AuN4O2S3-2. The minimum atomic E-state index is -3.74. The molecule has 29 heavy (non-hydrogen) atoms. The van der Waals surface area contributed by atoms with Crippen molar-refractivity contribution in [3.05, 3.63) is 53.3 Å². The van der Waals surface area contributed by atoms with Gasteiger partial charge in [-0.1, -0.05) is 12.1 Å². The molecule has 0 atom stereocenters. The van der Waals surface area contributed by atoms with Gasteiger partial charge in [0, 0.05) is 66.4 Å². The van der Waals surface area contributed by atoms with Crippen LogP contribution in [0, 0.1) is 0 Å². The number of rotatable bonds is 6. The van der Waals surface area contributed by atoms with Gasteiger partial charge in [0.05, 0.1) is 19.0 Å². The summed E-state index contributed by atoms with van der Waals surface area (Å²) in [7, 11) is 0.238. The molecule has 1 radical (unpaired) electrons. The molecule has 1 aliphatic heterocycles. The molecule has 10 heteroatoms. The zero-order valence-electron chi connectivity index (χ0n) is 16.2. The van der Waals surface area contributed by atoms with Crippen molar-refractivity contribution in [3.8, 4) is 0 Å². The third-order valence-corrected chi connectivity index (χ3v) is 6.70. The standard InChI is InChI=1S/C19H25N4O2S3.Au/c1-21(2)16-7-9-18(10-8-16)28(24,25)20-15-3-5-17(6-4-15)22-11-13-23(14-12-22)19(26)27;/h3-10,19,26-27H,11-14H2,1-2H3;/q-1;/p-1. The van der Waals surface area contributed by atoms with E-state index < -0.39 is 10.0 Å². The van der Waals surface area contributed by atoms with Crippen LogP contribution in [0.4, 0.5) is 17.1 Å². The van der Waals surface area contributed by atoms with E-state index in [4.69, 9.17) is 25.3 Å². The SMILES string of the molecule is C[NH+](C)c1ccc(S(=O)(=O)[N-]c2ccc(N3CCN(C([S-])[S-])CC3)cc2)cc1.[Au]. The van der Waals surface area contributed by atoms with Gasteiger partial charge in [0.15, 0.2) is 0 Å². The first-order valence-electron chi connectivity index (χ1n) is 9.05. The Balaban J connectivity index is 0.00000300. The molecule has 3 rings (SSSR count). The zero-order chi connectivity index (χ0) is 20.3. The fourth-order valence-corrected chi connectivity index (χ4v) is 4.47. The Labute approximate surface area is 200 Å². The first-order chi connectivity index (χ1) is 13.3. The van der Waals surface area contributed by atoms with Crippen molar-refractivity contribution >= 4 is 52.3 Å². The molecule has 0 unspecified atom stereocenters. The van der Waals surface area contributed by atoms with Crippen LogP contribution in [-0.2, 0) is 57.7 Å². The van der Waals surface area contributed by atoms with Crippen LogP contribution < -0.4 is 9.80 Å². The molecule has 1 N–H and O–H groups in total. The smallest absolute Gasteiger partial charge is 0.130 e. The molecule has 1 aliphatic rings. The summed E-state index contributed by atoms with van der Waals surface area (Å²) in [6.45, 7) is 3.36. The topological polar surface area (TPSA) is 59.2 Å². The molecule has 0 saturated carbocycles. The van der Waals surface area contributed by atoms with Crippen LogP contribution in [0.25, 0.3) is 4.72 Å². The van der Waals surface area contributed by atoms with Crippen molar-refractivity contribution in [1.29, 1.82) is 0 Å². The molecule has 1 fully saturated rings. The summed E-state index contributed by atoms with van der Waals surface area (Å²) in [5, 5.41) is 0. The first kappa shape index (κ1) is 24.6. The molecule has 1 saturated heterocycles. The fourth-order valence-electron chi connectivity index (χ4n) is 3.07. The van der Waals surface area contributed by atoms with Crippen LogP contribution >= 0.6 is 0 Å². The Morgan fingerprint density at radius 3 is 1.97 bits per heavy atom. The van der Waals surface area contributed by atoms with Gasteiger partial charge in [-0.25, -0.2) is 13.1 Å². The third kappa shape index (κ3) is 6.41. The van der Waals surface area contributed by atoms with Gasteiger partial charge in [-0.2, -0.15) is 0 Å². The van der Waals surface area contributed by atoms with Gasteiger partial charge in [0.1, 0.15) is 15.7 Å². The van der Waals surface area contributed by atoms with Crippen molar-refractivity contribution in [3.63, 3.8) is 0 Å². The maximum Gasteiger partial charge on any atom is 0.130 e. The summed E-state index contributed by atoms with van der Waals surface area (Å²) in [5.41, 5.74) is 2.47. The van der Waals surface area contributed by atoms with Crippen molar-refractivity contribution in [2.45, 2.75) is 9.60 Å². The van der Waals surface area contributed by atoms with Crippen LogP contribution in [0.1, 0.15) is 0 Å². The predicted octanol–water partition coefficient (Wildman–Crippen LogP) is 1.35. The second-order valence-corrected chi connectivity index (χ2v) is 9.73. The number of anilines is 1. The van der Waals surface area contributed by atoms with Gasteiger partial charge in [-0.15, -0.1) is 5.69 Å². The van der Waals surface area contributed by atoms with Gasteiger partial charge in [0.25, 0.3) is 0 Å². The van der Waals surface area contributed by atoms with Gasteiger partial charge >= 0.3 is 0 Å². The van der Waals surface area contributed by atoms with Gasteiger partial charge < -0.3 is 44.7 Å². The minimum Gasteiger partial charge on any atom is -0.800 e. The first-order valence-corrected chi connectivity index (χ1v) is 11.4. The normalized spacial score (nSPS) is 15.4. The Morgan fingerprint density at radius 1 is 0.931 bits per heavy atom. The van der Waals surface area contributed by atoms with Crippen LogP contribution in [0.15, 0.2) is 53.4 Å². The number of nitrogens with one attached hydrogen (secondary N) is 1. The van der Waals surface area contributed by atoms with Gasteiger partial charge in [-0.3, -0.25) is 0 Å². The molecule has 0 spiro atoms. The molecule has 0 aliphatic carbocycles. The van der Waals surface area contributed by atoms with Crippen molar-refractivity contribution in [2.24, 2.45) is 0 Å². The number of sulfonamides is 1. The molecule has 0 aromatic heterocycles. The summed E-state index contributed by atoms with van der Waals surface area (Å²) >= 11 is 10.3. The summed E-state index contributed by atoms with van der Waals surface area (Å²) in [6.07, 6.45) is 0. The van der Waals surface area contributed by atoms with E-state index in [1.165, 1.54) is 0 Å². The van der Waals surface area contributed by atoms with E-state index in [-0.39, 0.29) is 32.0 Å². The van der Waals surface area contributed by atoms with Crippen LogP contribution in [0.2, 0.25) is 0 Å². The van der Waals surface area contributed by atoms with E-state index in [9.17, 15) is 8.42 Å². The summed E-state index contributed by atoms with van der Waals surface area (Å²) in [4.78, 5) is 5.67. The number of benzene rings is 2. The van der Waals surface area contributed by atoms with Crippen molar-refractivity contribution in [2.75, 3.05) is 45.2 Å². The molecule has 2 aromatic rings. The quantitative estimate of drug-likeness (QED) is 0.383. The Morgan fingerprint density at radius 2 is 1.48 bits per heavy atom. The molecule has 163 valence electrons. The van der Waals surface area contributed by atoms with E-state index in [0.29, 0.717) is 5.69 Å². The van der Waals surface area contributed by atoms with Crippen LogP contribution in [-0.4, -0.2) is 58.3 Å². The van der Waals surface area contributed by atoms with Gasteiger partial charge in [0.2, 0.25) is 0 Å². The molecule has 0 bridgehead atoms. The minimum absolute atomic E-state index is 0. The van der Waals surface area contributed by atoms with E-state index in [2.05, 4.69) is 14.5 Å². The van der Waals surface area contributed by atoms with Crippen molar-refractivity contribution in [1.82, 2.24) is 4.90 Å². The predicted molar refractivity (Wildman–Crippen MR) is 118 cm³/mol. The van der Waals surface area contributed by atoms with E-state index >= 15 is 0 Å². The van der Waals surface area contributed by atoms with Crippen LogP contribution in [0.5, 0.6) is 0 Å².